The summed E-state index contributed by atoms with van der Waals surface area (Å²) < 4.78 is 36.7. The van der Waals surface area contributed by atoms with Crippen LogP contribution < -0.4 is 28.4 Å². The summed E-state index contributed by atoms with van der Waals surface area (Å²) in [5.74, 6) is 1.03. The second-order valence-electron chi connectivity index (χ2n) is 23.7. The molecular formula is C74H113NO10. The van der Waals surface area contributed by atoms with E-state index in [0.29, 0.717) is 71.9 Å². The van der Waals surface area contributed by atoms with Gasteiger partial charge in [0, 0.05) is 6.07 Å². The normalized spacial score (nSPS) is 11.2. The molecule has 4 aromatic rings. The highest BCUT2D eigenvalue weighted by Gasteiger charge is 2.22. The number of nitro groups is 1. The summed E-state index contributed by atoms with van der Waals surface area (Å²) in [5.41, 5.74) is 1.34. The van der Waals surface area contributed by atoms with E-state index in [1.165, 1.54) is 211 Å². The number of esters is 2. The van der Waals surface area contributed by atoms with Crippen molar-refractivity contribution in [1.82, 2.24) is 0 Å². The summed E-state index contributed by atoms with van der Waals surface area (Å²) >= 11 is 0. The maximum absolute atomic E-state index is 13.7. The Balaban J connectivity index is 1.36. The Morgan fingerprint density at radius 2 is 0.600 bits per heavy atom. The van der Waals surface area contributed by atoms with Crippen molar-refractivity contribution < 1.29 is 42.9 Å². The molecule has 0 aliphatic heterocycles. The minimum Gasteiger partial charge on any atom is -0.490 e. The van der Waals surface area contributed by atoms with E-state index in [1.807, 2.05) is 0 Å². The van der Waals surface area contributed by atoms with Crippen LogP contribution in [0, 0.1) is 10.1 Å². The number of ether oxygens (including phenoxy) is 6. The Kier molecular flexibility index (Phi) is 40.2. The summed E-state index contributed by atoms with van der Waals surface area (Å²) in [7, 11) is 0. The maximum atomic E-state index is 13.7. The van der Waals surface area contributed by atoms with Crippen molar-refractivity contribution in [3.63, 3.8) is 0 Å². The fourth-order valence-electron chi connectivity index (χ4n) is 10.8. The molecule has 474 valence electrons. The van der Waals surface area contributed by atoms with Gasteiger partial charge in [-0.15, -0.1) is 0 Å². The van der Waals surface area contributed by atoms with Crippen LogP contribution in [0.3, 0.4) is 0 Å². The zero-order valence-electron chi connectivity index (χ0n) is 53.6. The van der Waals surface area contributed by atoms with Crippen LogP contribution >= 0.6 is 0 Å². The van der Waals surface area contributed by atoms with Gasteiger partial charge in [0.1, 0.15) is 5.75 Å². The molecule has 0 saturated carbocycles. The van der Waals surface area contributed by atoms with Crippen LogP contribution in [0.1, 0.15) is 305 Å². The number of nitro benzene ring substituents is 1. The molecule has 0 unspecified atom stereocenters. The van der Waals surface area contributed by atoms with Crippen molar-refractivity contribution in [2.24, 2.45) is 0 Å². The Labute approximate surface area is 515 Å². The number of carbonyl (C=O) groups is 2. The fourth-order valence-corrected chi connectivity index (χ4v) is 10.8. The first kappa shape index (κ1) is 71.9. The molecule has 0 aliphatic rings. The first-order valence-corrected chi connectivity index (χ1v) is 34.4. The number of rotatable bonds is 54. The Morgan fingerprint density at radius 3 is 0.929 bits per heavy atom. The standard InChI is InChI=1S/C74H113NO10/c1-5-9-13-17-21-25-29-33-37-41-55-80-69-53-48-64(60-71(69)82-57-43-39-35-31-27-23-19-15-11-7-3)73(76)84-66-50-45-62(46-51-66)63-47-52-68(67(59-63)75(78)79)85-74(77)65-49-54-70(81-56-42-38-34-30-26-22-18-14-10-6-2)72(61-65)83-58-44-40-36-32-28-24-20-16-12-8-4/h45-54,59-61H,5-44,55-58H2,1-4H3. The molecule has 0 amide bonds. The molecule has 0 fully saturated rings. The Morgan fingerprint density at radius 1 is 0.318 bits per heavy atom. The molecule has 4 rings (SSSR count). The molecule has 85 heavy (non-hydrogen) atoms. The van der Waals surface area contributed by atoms with Gasteiger partial charge in [-0.2, -0.15) is 0 Å². The molecular weight excluding hydrogens is 1060 g/mol. The number of carbonyl (C=O) groups excluding carboxylic acids is 2. The molecule has 0 bridgehead atoms. The zero-order valence-corrected chi connectivity index (χ0v) is 53.6. The number of hydrogen-bond acceptors (Lipinski definition) is 10. The number of unbranched alkanes of at least 4 members (excludes halogenated alkanes) is 36. The minimum absolute atomic E-state index is 0.180. The lowest BCUT2D eigenvalue weighted by Gasteiger charge is -2.15. The average molecular weight is 1180 g/mol. The van der Waals surface area contributed by atoms with E-state index in [2.05, 4.69) is 27.7 Å². The lowest BCUT2D eigenvalue weighted by atomic mass is 10.0. The minimum atomic E-state index is -0.744. The van der Waals surface area contributed by atoms with Gasteiger partial charge >= 0.3 is 17.6 Å². The maximum Gasteiger partial charge on any atom is 0.343 e. The molecule has 11 heteroatoms. The molecule has 0 spiro atoms. The lowest BCUT2D eigenvalue weighted by Crippen LogP contribution is -2.11. The SMILES string of the molecule is CCCCCCCCCCCCOc1ccc(C(=O)Oc2ccc(-c3ccc(OC(=O)c4ccc(OCCCCCCCCCCCC)c(OCCCCCCCCCCCC)c4)c([N+](=O)[O-])c3)cc2)cc1OCCCCCCCCCCCC. The van der Waals surface area contributed by atoms with E-state index in [9.17, 15) is 19.7 Å². The fraction of sp³-hybridized carbons (Fsp3) is 0.649. The predicted molar refractivity (Wildman–Crippen MR) is 351 cm³/mol. The second kappa shape index (κ2) is 47.6. The van der Waals surface area contributed by atoms with Crippen LogP contribution in [0.25, 0.3) is 11.1 Å². The first-order valence-electron chi connectivity index (χ1n) is 34.4. The third kappa shape index (κ3) is 32.1. The van der Waals surface area contributed by atoms with Gasteiger partial charge in [-0.3, -0.25) is 10.1 Å². The van der Waals surface area contributed by atoms with Crippen molar-refractivity contribution in [2.75, 3.05) is 26.4 Å². The monoisotopic (exact) mass is 1180 g/mol. The Hall–Kier alpha value is -5.58. The van der Waals surface area contributed by atoms with Crippen molar-refractivity contribution in [3.8, 4) is 45.6 Å². The number of benzene rings is 4. The molecule has 0 atom stereocenters. The topological polar surface area (TPSA) is 133 Å². The second-order valence-corrected chi connectivity index (χ2v) is 23.7. The third-order valence-corrected chi connectivity index (χ3v) is 16.1. The predicted octanol–water partition coefficient (Wildman–Crippen LogP) is 22.9. The van der Waals surface area contributed by atoms with Crippen molar-refractivity contribution >= 4 is 17.6 Å². The molecule has 0 N–H and O–H groups in total. The van der Waals surface area contributed by atoms with E-state index in [0.717, 1.165) is 57.8 Å². The molecule has 0 aromatic heterocycles. The molecule has 0 heterocycles. The Bertz CT molecular complexity index is 2370. The van der Waals surface area contributed by atoms with Crippen molar-refractivity contribution in [3.05, 3.63) is 100 Å². The van der Waals surface area contributed by atoms with Crippen LogP contribution in [0.4, 0.5) is 5.69 Å². The first-order chi connectivity index (χ1) is 41.8. The van der Waals surface area contributed by atoms with Crippen molar-refractivity contribution in [2.45, 2.75) is 285 Å². The van der Waals surface area contributed by atoms with Gasteiger partial charge in [0.2, 0.25) is 5.75 Å². The third-order valence-electron chi connectivity index (χ3n) is 16.1. The highest BCUT2D eigenvalue weighted by Crippen LogP contribution is 2.36. The van der Waals surface area contributed by atoms with Gasteiger partial charge in [-0.25, -0.2) is 9.59 Å². The van der Waals surface area contributed by atoms with Gasteiger partial charge < -0.3 is 28.4 Å². The summed E-state index contributed by atoms with van der Waals surface area (Å²) in [6, 6.07) is 21.5. The van der Waals surface area contributed by atoms with Gasteiger partial charge in [0.25, 0.3) is 0 Å². The molecule has 0 saturated heterocycles. The van der Waals surface area contributed by atoms with Crippen LogP contribution in [0.2, 0.25) is 0 Å². The summed E-state index contributed by atoms with van der Waals surface area (Å²) in [4.78, 5) is 39.3. The summed E-state index contributed by atoms with van der Waals surface area (Å²) in [6.07, 6.45) is 49.2. The van der Waals surface area contributed by atoms with E-state index >= 15 is 0 Å². The summed E-state index contributed by atoms with van der Waals surface area (Å²) in [6.45, 7) is 11.1. The van der Waals surface area contributed by atoms with Crippen LogP contribution in [0.5, 0.6) is 34.5 Å². The van der Waals surface area contributed by atoms with Gasteiger partial charge in [-0.05, 0) is 91.4 Å². The highest BCUT2D eigenvalue weighted by molar-refractivity contribution is 5.93. The van der Waals surface area contributed by atoms with E-state index < -0.39 is 16.9 Å². The van der Waals surface area contributed by atoms with Gasteiger partial charge in [0.05, 0.1) is 42.5 Å². The van der Waals surface area contributed by atoms with Crippen LogP contribution in [0.15, 0.2) is 78.9 Å². The van der Waals surface area contributed by atoms with Gasteiger partial charge in [-0.1, -0.05) is 277 Å². The van der Waals surface area contributed by atoms with Crippen molar-refractivity contribution in [1.29, 1.82) is 0 Å². The smallest absolute Gasteiger partial charge is 0.343 e. The van der Waals surface area contributed by atoms with Crippen LogP contribution in [-0.4, -0.2) is 43.3 Å². The molecule has 11 nitrogen and oxygen atoms in total. The van der Waals surface area contributed by atoms with E-state index in [1.54, 1.807) is 66.7 Å². The van der Waals surface area contributed by atoms with E-state index in [4.69, 9.17) is 28.4 Å². The number of hydrogen-bond donors (Lipinski definition) is 0. The zero-order chi connectivity index (χ0) is 60.6. The van der Waals surface area contributed by atoms with Gasteiger partial charge in [0.15, 0.2) is 23.0 Å². The van der Waals surface area contributed by atoms with Crippen LogP contribution in [-0.2, 0) is 0 Å². The number of nitrogens with zero attached hydrogens (tertiary/aromatic N) is 1. The molecule has 0 radical (unpaired) electrons. The highest BCUT2D eigenvalue weighted by atomic mass is 16.6. The van der Waals surface area contributed by atoms with E-state index in [-0.39, 0.29) is 17.0 Å². The lowest BCUT2D eigenvalue weighted by molar-refractivity contribution is -0.385. The summed E-state index contributed by atoms with van der Waals surface area (Å²) in [5, 5.41) is 12.5. The molecule has 0 aliphatic carbocycles. The quantitative estimate of drug-likeness (QED) is 0.0138. The molecule has 4 aromatic carbocycles. The largest absolute Gasteiger partial charge is 0.490 e. The average Bonchev–Trinajstić information content (AvgIpc) is 3.26.